The zero-order valence-electron chi connectivity index (χ0n) is 18.8. The summed E-state index contributed by atoms with van der Waals surface area (Å²) in [5.74, 6) is -1.38. The SMILES string of the molecule is Cc1ccc2c(n1)C(C)(C)CN2C(=O)C1CCC(N(C)Cc2cccc(F)c2F)CC1. The number of halogens is 2. The lowest BCUT2D eigenvalue weighted by molar-refractivity contribution is -0.123. The molecule has 1 amide bonds. The lowest BCUT2D eigenvalue weighted by atomic mass is 9.84. The van der Waals surface area contributed by atoms with Crippen molar-refractivity contribution in [1.82, 2.24) is 9.88 Å². The Kier molecular flexibility index (Phi) is 5.86. The van der Waals surface area contributed by atoms with Gasteiger partial charge in [0.05, 0.1) is 11.4 Å². The summed E-state index contributed by atoms with van der Waals surface area (Å²) >= 11 is 0. The van der Waals surface area contributed by atoms with Gasteiger partial charge in [-0.2, -0.15) is 0 Å². The van der Waals surface area contributed by atoms with Crippen LogP contribution in [0.2, 0.25) is 0 Å². The van der Waals surface area contributed by atoms with Crippen molar-refractivity contribution in [2.75, 3.05) is 18.5 Å². The molecule has 0 atom stereocenters. The van der Waals surface area contributed by atoms with Gasteiger partial charge < -0.3 is 4.90 Å². The summed E-state index contributed by atoms with van der Waals surface area (Å²) in [6.45, 7) is 7.29. The van der Waals surface area contributed by atoms with E-state index in [0.717, 1.165) is 48.8 Å². The first-order valence-electron chi connectivity index (χ1n) is 11.1. The van der Waals surface area contributed by atoms with Crippen LogP contribution in [-0.4, -0.2) is 35.4 Å². The van der Waals surface area contributed by atoms with Gasteiger partial charge in [0.2, 0.25) is 5.91 Å². The van der Waals surface area contributed by atoms with Gasteiger partial charge >= 0.3 is 0 Å². The number of aryl methyl sites for hydroxylation is 1. The molecule has 1 saturated carbocycles. The predicted octanol–water partition coefficient (Wildman–Crippen LogP) is 4.98. The fourth-order valence-electron chi connectivity index (χ4n) is 5.07. The van der Waals surface area contributed by atoms with E-state index in [1.54, 1.807) is 12.1 Å². The van der Waals surface area contributed by atoms with Gasteiger partial charge in [-0.05, 0) is 57.9 Å². The van der Waals surface area contributed by atoms with Crippen molar-refractivity contribution < 1.29 is 13.6 Å². The molecule has 0 N–H and O–H groups in total. The molecule has 6 heteroatoms. The van der Waals surface area contributed by atoms with Crippen LogP contribution in [-0.2, 0) is 16.8 Å². The molecule has 0 radical (unpaired) electrons. The number of benzene rings is 1. The highest BCUT2D eigenvalue weighted by Crippen LogP contribution is 2.41. The number of carbonyl (C=O) groups excluding carboxylic acids is 1. The van der Waals surface area contributed by atoms with Crippen LogP contribution in [0, 0.1) is 24.5 Å². The Morgan fingerprint density at radius 2 is 1.87 bits per heavy atom. The molecule has 2 heterocycles. The number of carbonyl (C=O) groups is 1. The van der Waals surface area contributed by atoms with Crippen molar-refractivity contribution in [2.24, 2.45) is 5.92 Å². The monoisotopic (exact) mass is 427 g/mol. The van der Waals surface area contributed by atoms with Gasteiger partial charge in [0.15, 0.2) is 11.6 Å². The van der Waals surface area contributed by atoms with Gasteiger partial charge in [0.25, 0.3) is 0 Å². The van der Waals surface area contributed by atoms with E-state index in [2.05, 4.69) is 18.7 Å². The van der Waals surface area contributed by atoms with Crippen LogP contribution < -0.4 is 4.90 Å². The van der Waals surface area contributed by atoms with Crippen molar-refractivity contribution in [3.63, 3.8) is 0 Å². The Bertz CT molecular complexity index is 983. The Balaban J connectivity index is 1.39. The number of fused-ring (bicyclic) bond motifs is 1. The molecule has 1 aliphatic heterocycles. The number of anilines is 1. The molecule has 166 valence electrons. The minimum atomic E-state index is -0.807. The fraction of sp³-hybridized carbons (Fsp3) is 0.520. The van der Waals surface area contributed by atoms with Crippen LogP contribution in [0.4, 0.5) is 14.5 Å². The Morgan fingerprint density at radius 1 is 1.16 bits per heavy atom. The van der Waals surface area contributed by atoms with E-state index in [-0.39, 0.29) is 23.3 Å². The Hall–Kier alpha value is -2.34. The second-order valence-corrected chi connectivity index (χ2v) is 9.76. The number of hydrogen-bond acceptors (Lipinski definition) is 3. The first kappa shape index (κ1) is 21.9. The average Bonchev–Trinajstić information content (AvgIpc) is 3.01. The van der Waals surface area contributed by atoms with Crippen LogP contribution in [0.15, 0.2) is 30.3 Å². The first-order chi connectivity index (χ1) is 14.7. The van der Waals surface area contributed by atoms with Gasteiger partial charge in [0, 0.05) is 41.7 Å². The fourth-order valence-corrected chi connectivity index (χ4v) is 5.07. The predicted molar refractivity (Wildman–Crippen MR) is 118 cm³/mol. The summed E-state index contributed by atoms with van der Waals surface area (Å²) in [5.41, 5.74) is 3.15. The smallest absolute Gasteiger partial charge is 0.230 e. The van der Waals surface area contributed by atoms with Gasteiger partial charge in [-0.1, -0.05) is 26.0 Å². The van der Waals surface area contributed by atoms with Crippen LogP contribution in [0.3, 0.4) is 0 Å². The van der Waals surface area contributed by atoms with E-state index in [9.17, 15) is 13.6 Å². The summed E-state index contributed by atoms with van der Waals surface area (Å²) in [4.78, 5) is 22.1. The van der Waals surface area contributed by atoms with Crippen molar-refractivity contribution in [2.45, 2.75) is 64.5 Å². The Morgan fingerprint density at radius 3 is 2.58 bits per heavy atom. The zero-order valence-corrected chi connectivity index (χ0v) is 18.8. The molecule has 1 aromatic carbocycles. The minimum Gasteiger partial charge on any atom is -0.309 e. The highest BCUT2D eigenvalue weighted by molar-refractivity contribution is 5.97. The van der Waals surface area contributed by atoms with Gasteiger partial charge in [-0.25, -0.2) is 8.78 Å². The molecule has 0 bridgehead atoms. The standard InChI is InChI=1S/C25H31F2N3O/c1-16-8-13-21-23(28-16)25(2,3)15-30(21)24(31)17-9-11-19(12-10-17)29(4)14-18-6-5-7-20(26)22(18)27/h5-8,13,17,19H,9-12,14-15H2,1-4H3. The highest BCUT2D eigenvalue weighted by Gasteiger charge is 2.42. The molecule has 4 rings (SSSR count). The quantitative estimate of drug-likeness (QED) is 0.690. The summed E-state index contributed by atoms with van der Waals surface area (Å²) in [6, 6.07) is 8.58. The highest BCUT2D eigenvalue weighted by atomic mass is 19.2. The molecule has 0 unspecified atom stereocenters. The molecule has 1 aliphatic carbocycles. The third-order valence-electron chi connectivity index (χ3n) is 6.89. The number of hydrogen-bond donors (Lipinski definition) is 0. The number of nitrogens with zero attached hydrogens (tertiary/aromatic N) is 3. The van der Waals surface area contributed by atoms with Gasteiger partial charge in [-0.15, -0.1) is 0 Å². The van der Waals surface area contributed by atoms with Crippen LogP contribution in [0.1, 0.15) is 56.5 Å². The summed E-state index contributed by atoms with van der Waals surface area (Å²) in [6.07, 6.45) is 3.37. The second kappa shape index (κ2) is 8.30. The van der Waals surface area contributed by atoms with Gasteiger partial charge in [0.1, 0.15) is 0 Å². The van der Waals surface area contributed by atoms with E-state index >= 15 is 0 Å². The topological polar surface area (TPSA) is 36.4 Å². The van der Waals surface area contributed by atoms with E-state index in [0.29, 0.717) is 18.7 Å². The molecule has 4 nitrogen and oxygen atoms in total. The molecule has 31 heavy (non-hydrogen) atoms. The molecular weight excluding hydrogens is 396 g/mol. The molecule has 1 fully saturated rings. The third-order valence-corrected chi connectivity index (χ3v) is 6.89. The lowest BCUT2D eigenvalue weighted by Gasteiger charge is -2.35. The number of aromatic nitrogens is 1. The summed E-state index contributed by atoms with van der Waals surface area (Å²) in [5, 5.41) is 0. The summed E-state index contributed by atoms with van der Waals surface area (Å²) < 4.78 is 27.5. The lowest BCUT2D eigenvalue weighted by Crippen LogP contribution is -2.42. The molecule has 0 saturated heterocycles. The second-order valence-electron chi connectivity index (χ2n) is 9.76. The average molecular weight is 428 g/mol. The zero-order chi connectivity index (χ0) is 22.3. The van der Waals surface area contributed by atoms with Crippen molar-refractivity contribution in [1.29, 1.82) is 0 Å². The maximum atomic E-state index is 14.0. The molecule has 2 aliphatic rings. The van der Waals surface area contributed by atoms with Crippen molar-refractivity contribution >= 4 is 11.6 Å². The third kappa shape index (κ3) is 4.22. The van der Waals surface area contributed by atoms with Crippen LogP contribution >= 0.6 is 0 Å². The van der Waals surface area contributed by atoms with E-state index in [1.807, 2.05) is 31.0 Å². The van der Waals surface area contributed by atoms with Crippen LogP contribution in [0.5, 0.6) is 0 Å². The van der Waals surface area contributed by atoms with Crippen LogP contribution in [0.25, 0.3) is 0 Å². The normalized spacial score (nSPS) is 22.6. The van der Waals surface area contributed by atoms with Crippen molar-refractivity contribution in [3.8, 4) is 0 Å². The number of pyridine rings is 1. The molecule has 0 spiro atoms. The van der Waals surface area contributed by atoms with E-state index in [1.165, 1.54) is 0 Å². The van der Waals surface area contributed by atoms with Gasteiger partial charge in [-0.3, -0.25) is 14.7 Å². The minimum absolute atomic E-state index is 0.00129. The first-order valence-corrected chi connectivity index (χ1v) is 11.1. The maximum absolute atomic E-state index is 14.0. The molecule has 2 aromatic rings. The summed E-state index contributed by atoms with van der Waals surface area (Å²) in [7, 11) is 1.95. The number of rotatable bonds is 4. The molecular formula is C25H31F2N3O. The van der Waals surface area contributed by atoms with E-state index in [4.69, 9.17) is 4.98 Å². The maximum Gasteiger partial charge on any atom is 0.230 e. The van der Waals surface area contributed by atoms with E-state index < -0.39 is 11.6 Å². The molecule has 1 aromatic heterocycles. The largest absolute Gasteiger partial charge is 0.309 e. The van der Waals surface area contributed by atoms with Crippen molar-refractivity contribution in [3.05, 3.63) is 58.9 Å². The Labute approximate surface area is 183 Å². The number of amides is 1.